The molecule has 2 rings (SSSR count). The average Bonchev–Trinajstić information content (AvgIpc) is 2.42. The van der Waals surface area contributed by atoms with Gasteiger partial charge in [0.1, 0.15) is 0 Å². The third-order valence-electron chi connectivity index (χ3n) is 3.90. The number of benzene rings is 1. The summed E-state index contributed by atoms with van der Waals surface area (Å²) in [6.45, 7) is 3.38. The fourth-order valence-electron chi connectivity index (χ4n) is 2.73. The lowest BCUT2D eigenvalue weighted by atomic mass is 9.85. The molecule has 0 bridgehead atoms. The fraction of sp³-hybridized carbons (Fsp3) is 0.500. The molecule has 5 heteroatoms. The van der Waals surface area contributed by atoms with E-state index < -0.39 is 0 Å². The molecule has 1 saturated carbocycles. The van der Waals surface area contributed by atoms with Crippen LogP contribution >= 0.6 is 0 Å². The van der Waals surface area contributed by atoms with Crippen molar-refractivity contribution in [3.8, 4) is 0 Å². The van der Waals surface area contributed by atoms with Gasteiger partial charge in [-0.05, 0) is 43.9 Å². The van der Waals surface area contributed by atoms with E-state index in [1.54, 1.807) is 6.07 Å². The van der Waals surface area contributed by atoms with Crippen LogP contribution in [0, 0.1) is 12.8 Å². The highest BCUT2D eigenvalue weighted by Crippen LogP contribution is 2.26. The van der Waals surface area contributed by atoms with Gasteiger partial charge in [-0.15, -0.1) is 0 Å². The van der Waals surface area contributed by atoms with Crippen molar-refractivity contribution in [2.24, 2.45) is 11.7 Å². The number of carbonyl (C=O) groups is 2. The van der Waals surface area contributed by atoms with Crippen molar-refractivity contribution in [1.29, 1.82) is 0 Å². The lowest BCUT2D eigenvalue weighted by Crippen LogP contribution is -2.34. The summed E-state index contributed by atoms with van der Waals surface area (Å²) in [6, 6.07) is 5.65. The van der Waals surface area contributed by atoms with Crippen LogP contribution in [0.3, 0.4) is 0 Å². The summed E-state index contributed by atoms with van der Waals surface area (Å²) in [5, 5.41) is 5.69. The van der Waals surface area contributed by atoms with Crippen LogP contribution in [0.2, 0.25) is 0 Å². The largest absolute Gasteiger partial charge is 0.328 e. The molecule has 1 aromatic rings. The monoisotopic (exact) mass is 289 g/mol. The lowest BCUT2D eigenvalue weighted by molar-refractivity contribution is -0.121. The highest BCUT2D eigenvalue weighted by atomic mass is 16.2. The van der Waals surface area contributed by atoms with Crippen LogP contribution in [0.15, 0.2) is 18.2 Å². The Morgan fingerprint density at radius 2 is 2.00 bits per heavy atom. The highest BCUT2D eigenvalue weighted by Gasteiger charge is 2.25. The van der Waals surface area contributed by atoms with Gasteiger partial charge in [0.2, 0.25) is 11.8 Å². The Kier molecular flexibility index (Phi) is 4.96. The van der Waals surface area contributed by atoms with E-state index in [1.807, 2.05) is 19.1 Å². The molecule has 114 valence electrons. The Labute approximate surface area is 125 Å². The Bertz CT molecular complexity index is 542. The predicted octanol–water partition coefficient (Wildman–Crippen LogP) is 2.41. The van der Waals surface area contributed by atoms with Gasteiger partial charge < -0.3 is 16.4 Å². The van der Waals surface area contributed by atoms with Crippen LogP contribution < -0.4 is 16.4 Å². The second kappa shape index (κ2) is 6.72. The Hall–Kier alpha value is -1.88. The molecule has 0 spiro atoms. The first-order valence-electron chi connectivity index (χ1n) is 7.40. The van der Waals surface area contributed by atoms with E-state index in [9.17, 15) is 9.59 Å². The van der Waals surface area contributed by atoms with Crippen molar-refractivity contribution in [2.75, 3.05) is 10.6 Å². The van der Waals surface area contributed by atoms with Crippen molar-refractivity contribution in [3.05, 3.63) is 23.8 Å². The number of rotatable bonds is 3. The first-order valence-corrected chi connectivity index (χ1v) is 7.40. The first kappa shape index (κ1) is 15.5. The van der Waals surface area contributed by atoms with Crippen LogP contribution in [-0.4, -0.2) is 17.9 Å². The lowest BCUT2D eigenvalue weighted by Gasteiger charge is -2.25. The summed E-state index contributed by atoms with van der Waals surface area (Å²) in [6.07, 6.45) is 3.64. The molecule has 2 unspecified atom stereocenters. The van der Waals surface area contributed by atoms with E-state index in [1.165, 1.54) is 6.92 Å². The molecule has 21 heavy (non-hydrogen) atoms. The summed E-state index contributed by atoms with van der Waals surface area (Å²) >= 11 is 0. The number of aryl methyl sites for hydroxylation is 1. The maximum Gasteiger partial charge on any atom is 0.227 e. The summed E-state index contributed by atoms with van der Waals surface area (Å²) in [5.74, 6) is -0.123. The molecule has 0 aliphatic heterocycles. The van der Waals surface area contributed by atoms with Crippen LogP contribution in [0.4, 0.5) is 11.4 Å². The van der Waals surface area contributed by atoms with Gasteiger partial charge in [-0.2, -0.15) is 0 Å². The zero-order chi connectivity index (χ0) is 15.4. The Morgan fingerprint density at radius 3 is 2.67 bits per heavy atom. The maximum atomic E-state index is 12.3. The second-order valence-corrected chi connectivity index (χ2v) is 5.82. The molecule has 1 fully saturated rings. The topological polar surface area (TPSA) is 84.2 Å². The molecule has 2 amide bonds. The van der Waals surface area contributed by atoms with E-state index in [0.29, 0.717) is 5.69 Å². The number of hydrogen-bond acceptors (Lipinski definition) is 3. The molecule has 2 atom stereocenters. The number of nitrogens with two attached hydrogens (primary N) is 1. The number of carbonyl (C=O) groups excluding carboxylic acids is 2. The van der Waals surface area contributed by atoms with Gasteiger partial charge in [-0.1, -0.05) is 12.5 Å². The minimum absolute atomic E-state index is 0.0146. The van der Waals surface area contributed by atoms with Crippen LogP contribution in [0.5, 0.6) is 0 Å². The normalized spacial score (nSPS) is 21.7. The Morgan fingerprint density at radius 1 is 1.24 bits per heavy atom. The van der Waals surface area contributed by atoms with Gasteiger partial charge in [0.25, 0.3) is 0 Å². The van der Waals surface area contributed by atoms with Gasteiger partial charge in [0, 0.05) is 30.3 Å². The smallest absolute Gasteiger partial charge is 0.227 e. The van der Waals surface area contributed by atoms with Crippen molar-refractivity contribution < 1.29 is 9.59 Å². The van der Waals surface area contributed by atoms with Crippen LogP contribution in [0.25, 0.3) is 0 Å². The number of nitrogens with one attached hydrogen (secondary N) is 2. The molecule has 0 aromatic heterocycles. The van der Waals surface area contributed by atoms with Crippen molar-refractivity contribution >= 4 is 23.2 Å². The number of anilines is 2. The minimum atomic E-state index is -0.125. The summed E-state index contributed by atoms with van der Waals surface area (Å²) in [5.41, 5.74) is 8.31. The molecule has 1 aliphatic rings. The van der Waals surface area contributed by atoms with Crippen molar-refractivity contribution in [3.63, 3.8) is 0 Å². The predicted molar refractivity (Wildman–Crippen MR) is 84.0 cm³/mol. The van der Waals surface area contributed by atoms with E-state index in [-0.39, 0.29) is 23.8 Å². The van der Waals surface area contributed by atoms with E-state index in [2.05, 4.69) is 10.6 Å². The highest BCUT2D eigenvalue weighted by molar-refractivity contribution is 5.95. The zero-order valence-corrected chi connectivity index (χ0v) is 12.6. The molecular formula is C16H23N3O2. The molecule has 4 N–H and O–H groups in total. The summed E-state index contributed by atoms with van der Waals surface area (Å²) in [7, 11) is 0. The Balaban J connectivity index is 2.05. The van der Waals surface area contributed by atoms with Gasteiger partial charge >= 0.3 is 0 Å². The molecular weight excluding hydrogens is 266 g/mol. The summed E-state index contributed by atoms with van der Waals surface area (Å²) < 4.78 is 0. The SMILES string of the molecule is CC(=O)Nc1cc(NC(=O)C2CCCC(N)C2)ccc1C. The molecule has 0 heterocycles. The quantitative estimate of drug-likeness (QED) is 0.799. The molecule has 5 nitrogen and oxygen atoms in total. The van der Waals surface area contributed by atoms with Crippen LogP contribution in [0.1, 0.15) is 38.2 Å². The molecule has 0 radical (unpaired) electrons. The van der Waals surface area contributed by atoms with E-state index in [0.717, 1.165) is 36.9 Å². The van der Waals surface area contributed by atoms with E-state index in [4.69, 9.17) is 5.73 Å². The molecule has 1 aromatic carbocycles. The minimum Gasteiger partial charge on any atom is -0.328 e. The van der Waals surface area contributed by atoms with Gasteiger partial charge in [-0.25, -0.2) is 0 Å². The molecule has 0 saturated heterocycles. The zero-order valence-electron chi connectivity index (χ0n) is 12.6. The standard InChI is InChI=1S/C16H23N3O2/c1-10-6-7-14(9-15(10)18-11(2)20)19-16(21)12-4-3-5-13(17)8-12/h6-7,9,12-13H,3-5,8,17H2,1-2H3,(H,18,20)(H,19,21). The maximum absolute atomic E-state index is 12.3. The van der Waals surface area contributed by atoms with Crippen molar-refractivity contribution in [1.82, 2.24) is 0 Å². The van der Waals surface area contributed by atoms with Crippen molar-refractivity contribution in [2.45, 2.75) is 45.6 Å². The third kappa shape index (κ3) is 4.29. The average molecular weight is 289 g/mol. The number of amides is 2. The summed E-state index contributed by atoms with van der Waals surface area (Å²) in [4.78, 5) is 23.4. The van der Waals surface area contributed by atoms with Crippen LogP contribution in [-0.2, 0) is 9.59 Å². The fourth-order valence-corrected chi connectivity index (χ4v) is 2.73. The second-order valence-electron chi connectivity index (χ2n) is 5.82. The van der Waals surface area contributed by atoms with E-state index >= 15 is 0 Å². The molecule has 1 aliphatic carbocycles. The van der Waals surface area contributed by atoms with Gasteiger partial charge in [0.05, 0.1) is 0 Å². The first-order chi connectivity index (χ1) is 9.95. The number of hydrogen-bond donors (Lipinski definition) is 3. The third-order valence-corrected chi connectivity index (χ3v) is 3.90. The van der Waals surface area contributed by atoms with Gasteiger partial charge in [-0.3, -0.25) is 9.59 Å². The van der Waals surface area contributed by atoms with Gasteiger partial charge in [0.15, 0.2) is 0 Å².